The van der Waals surface area contributed by atoms with Crippen molar-refractivity contribution < 1.29 is 4.79 Å². The third kappa shape index (κ3) is 3.66. The average Bonchev–Trinajstić information content (AvgIpc) is 2.55. The zero-order valence-electron chi connectivity index (χ0n) is 14.2. The van der Waals surface area contributed by atoms with Crippen molar-refractivity contribution in [3.05, 3.63) is 46.2 Å². The van der Waals surface area contributed by atoms with Gasteiger partial charge in [-0.2, -0.15) is 0 Å². The highest BCUT2D eigenvalue weighted by Crippen LogP contribution is 2.24. The largest absolute Gasteiger partial charge is 0.337 e. The molecule has 3 rings (SSSR count). The smallest absolute Gasteiger partial charge is 0.252 e. The molecule has 128 valence electrons. The number of para-hydroxylation sites is 1. The van der Waals surface area contributed by atoms with Gasteiger partial charge in [0.1, 0.15) is 0 Å². The molecule has 1 aliphatic rings. The number of thioether (sulfide) groups is 1. The van der Waals surface area contributed by atoms with E-state index in [4.69, 9.17) is 0 Å². The summed E-state index contributed by atoms with van der Waals surface area (Å²) in [5.41, 5.74) is 1.52. The van der Waals surface area contributed by atoms with E-state index in [1.165, 1.54) is 18.2 Å². The molecule has 1 amide bonds. The molecule has 2 aromatic rings. The summed E-state index contributed by atoms with van der Waals surface area (Å²) in [5.74, 6) is 1.18. The molecule has 1 fully saturated rings. The number of aromatic nitrogens is 1. The fraction of sp³-hybridized carbons (Fsp3) is 0.474. The molecule has 0 unspecified atom stereocenters. The van der Waals surface area contributed by atoms with Crippen LogP contribution in [0, 0.1) is 0 Å². The molecule has 1 aromatic heterocycles. The number of fused-ring (bicyclic) bond motifs is 1. The van der Waals surface area contributed by atoms with Gasteiger partial charge >= 0.3 is 0 Å². The quantitative estimate of drug-likeness (QED) is 0.923. The van der Waals surface area contributed by atoms with Gasteiger partial charge in [0.2, 0.25) is 5.91 Å². The second-order valence-corrected chi connectivity index (χ2v) is 7.62. The average molecular weight is 344 g/mol. The predicted molar refractivity (Wildman–Crippen MR) is 100 cm³/mol. The zero-order chi connectivity index (χ0) is 17.1. The Morgan fingerprint density at radius 3 is 2.71 bits per heavy atom. The molecular weight excluding hydrogens is 320 g/mol. The number of aromatic amines is 1. The van der Waals surface area contributed by atoms with Crippen LogP contribution in [0.5, 0.6) is 0 Å². The highest BCUT2D eigenvalue weighted by atomic mass is 32.2. The third-order valence-electron chi connectivity index (χ3n) is 4.79. The first-order valence-electron chi connectivity index (χ1n) is 8.56. The van der Waals surface area contributed by atoms with E-state index in [-0.39, 0.29) is 11.5 Å². The molecule has 0 aliphatic carbocycles. The van der Waals surface area contributed by atoms with Crippen molar-refractivity contribution in [1.82, 2.24) is 9.88 Å². The predicted octanol–water partition coefficient (Wildman–Crippen LogP) is 3.55. The van der Waals surface area contributed by atoms with Gasteiger partial charge in [-0.1, -0.05) is 18.2 Å². The van der Waals surface area contributed by atoms with Gasteiger partial charge in [-0.05, 0) is 50.6 Å². The Morgan fingerprint density at radius 2 is 1.96 bits per heavy atom. The minimum atomic E-state index is -0.0617. The number of benzene rings is 1. The molecule has 24 heavy (non-hydrogen) atoms. The number of piperidine rings is 1. The number of nitrogens with zero attached hydrogens (tertiary/aromatic N) is 1. The second-order valence-electron chi connectivity index (χ2n) is 6.63. The SMILES string of the molecule is C[C@@H]1CCC[C@@H](C)N1C(=O)CSCc1cc2ccccc2[nH]c1=O. The molecule has 0 radical (unpaired) electrons. The molecule has 1 aromatic carbocycles. The van der Waals surface area contributed by atoms with Gasteiger partial charge in [-0.3, -0.25) is 9.59 Å². The van der Waals surface area contributed by atoms with Crippen LogP contribution in [0.15, 0.2) is 35.1 Å². The van der Waals surface area contributed by atoms with E-state index >= 15 is 0 Å². The van der Waals surface area contributed by atoms with Gasteiger partial charge in [-0.25, -0.2) is 0 Å². The number of carbonyl (C=O) groups excluding carboxylic acids is 1. The minimum absolute atomic E-state index is 0.0617. The minimum Gasteiger partial charge on any atom is -0.337 e. The maximum atomic E-state index is 12.5. The molecule has 1 saturated heterocycles. The van der Waals surface area contributed by atoms with Gasteiger partial charge in [0.15, 0.2) is 0 Å². The summed E-state index contributed by atoms with van der Waals surface area (Å²) in [7, 11) is 0. The lowest BCUT2D eigenvalue weighted by Crippen LogP contribution is -2.48. The molecule has 1 N–H and O–H groups in total. The van der Waals surface area contributed by atoms with E-state index in [0.717, 1.165) is 29.3 Å². The second kappa shape index (κ2) is 7.43. The molecule has 2 atom stereocenters. The first-order chi connectivity index (χ1) is 11.6. The fourth-order valence-electron chi connectivity index (χ4n) is 3.54. The van der Waals surface area contributed by atoms with E-state index in [9.17, 15) is 9.59 Å². The summed E-state index contributed by atoms with van der Waals surface area (Å²) in [6.45, 7) is 4.26. The molecule has 0 saturated carbocycles. The van der Waals surface area contributed by atoms with Crippen molar-refractivity contribution in [1.29, 1.82) is 0 Å². The Morgan fingerprint density at radius 1 is 1.25 bits per heavy atom. The van der Waals surface area contributed by atoms with Crippen LogP contribution in [0.2, 0.25) is 0 Å². The number of hydrogen-bond acceptors (Lipinski definition) is 3. The van der Waals surface area contributed by atoms with E-state index < -0.39 is 0 Å². The van der Waals surface area contributed by atoms with Crippen LogP contribution in [-0.2, 0) is 10.5 Å². The van der Waals surface area contributed by atoms with Gasteiger partial charge in [0, 0.05) is 28.9 Å². The van der Waals surface area contributed by atoms with Crippen LogP contribution in [0.4, 0.5) is 0 Å². The highest BCUT2D eigenvalue weighted by molar-refractivity contribution is 7.99. The van der Waals surface area contributed by atoms with E-state index in [2.05, 4.69) is 18.8 Å². The van der Waals surface area contributed by atoms with Gasteiger partial charge < -0.3 is 9.88 Å². The fourth-order valence-corrected chi connectivity index (χ4v) is 4.40. The summed E-state index contributed by atoms with van der Waals surface area (Å²) in [6, 6.07) is 10.3. The van der Waals surface area contributed by atoms with Crippen LogP contribution in [0.3, 0.4) is 0 Å². The zero-order valence-corrected chi connectivity index (χ0v) is 15.1. The molecule has 0 bridgehead atoms. The summed E-state index contributed by atoms with van der Waals surface area (Å²) < 4.78 is 0. The highest BCUT2D eigenvalue weighted by Gasteiger charge is 2.28. The van der Waals surface area contributed by atoms with Crippen LogP contribution in [-0.4, -0.2) is 33.6 Å². The number of likely N-dealkylation sites (tertiary alicyclic amines) is 1. The van der Waals surface area contributed by atoms with E-state index in [1.54, 1.807) is 0 Å². The number of nitrogens with one attached hydrogen (secondary N) is 1. The van der Waals surface area contributed by atoms with Crippen molar-refractivity contribution in [3.63, 3.8) is 0 Å². The summed E-state index contributed by atoms with van der Waals surface area (Å²) in [4.78, 5) is 29.6. The maximum absolute atomic E-state index is 12.5. The van der Waals surface area contributed by atoms with Crippen molar-refractivity contribution in [3.8, 4) is 0 Å². The lowest BCUT2D eigenvalue weighted by molar-refractivity contribution is -0.134. The van der Waals surface area contributed by atoms with Gasteiger partial charge in [0.25, 0.3) is 5.56 Å². The Bertz CT molecular complexity index is 776. The Hall–Kier alpha value is -1.75. The first kappa shape index (κ1) is 17.1. The van der Waals surface area contributed by atoms with Crippen LogP contribution in [0.25, 0.3) is 10.9 Å². The van der Waals surface area contributed by atoms with Gasteiger partial charge in [-0.15, -0.1) is 11.8 Å². The molecule has 4 nitrogen and oxygen atoms in total. The molecule has 2 heterocycles. The van der Waals surface area contributed by atoms with Crippen LogP contribution >= 0.6 is 11.8 Å². The lowest BCUT2D eigenvalue weighted by Gasteiger charge is -2.39. The topological polar surface area (TPSA) is 53.2 Å². The summed E-state index contributed by atoms with van der Waals surface area (Å²) in [6.07, 6.45) is 3.38. The monoisotopic (exact) mass is 344 g/mol. The normalized spacial score (nSPS) is 21.2. The van der Waals surface area contributed by atoms with Crippen molar-refractivity contribution in [2.75, 3.05) is 5.75 Å². The standard InChI is InChI=1S/C19H24N2O2S/c1-13-6-5-7-14(2)21(13)18(22)12-24-11-16-10-15-8-3-4-9-17(15)20-19(16)23/h3-4,8-10,13-14H,5-7,11-12H2,1-2H3,(H,20,23)/t13-,14-/m1/s1. The van der Waals surface area contributed by atoms with Crippen LogP contribution < -0.4 is 5.56 Å². The van der Waals surface area contributed by atoms with Crippen LogP contribution in [0.1, 0.15) is 38.7 Å². The molecule has 5 heteroatoms. The number of carbonyl (C=O) groups is 1. The third-order valence-corrected chi connectivity index (χ3v) is 5.76. The molecular formula is C19H24N2O2S. The van der Waals surface area contributed by atoms with E-state index in [0.29, 0.717) is 23.6 Å². The van der Waals surface area contributed by atoms with E-state index in [1.807, 2.05) is 35.2 Å². The van der Waals surface area contributed by atoms with Crippen molar-refractivity contribution >= 4 is 28.6 Å². The summed E-state index contributed by atoms with van der Waals surface area (Å²) >= 11 is 1.52. The van der Waals surface area contributed by atoms with Crippen molar-refractivity contribution in [2.24, 2.45) is 0 Å². The Kier molecular flexibility index (Phi) is 5.29. The Balaban J connectivity index is 1.63. The van der Waals surface area contributed by atoms with Gasteiger partial charge in [0.05, 0.1) is 5.75 Å². The number of amides is 1. The number of rotatable bonds is 4. The lowest BCUT2D eigenvalue weighted by atomic mass is 9.98. The summed E-state index contributed by atoms with van der Waals surface area (Å²) in [5, 5.41) is 1.03. The Labute approximate surface area is 146 Å². The number of pyridine rings is 1. The maximum Gasteiger partial charge on any atom is 0.252 e. The van der Waals surface area contributed by atoms with Crippen molar-refractivity contribution in [2.45, 2.75) is 50.9 Å². The molecule has 1 aliphatic heterocycles. The number of hydrogen-bond donors (Lipinski definition) is 1. The first-order valence-corrected chi connectivity index (χ1v) is 9.71. The molecule has 0 spiro atoms. The number of H-pyrrole nitrogens is 1.